The number of carbonyl (C=O) groups is 1. The third-order valence-electron chi connectivity index (χ3n) is 5.44. The molecule has 1 saturated heterocycles. The molecule has 1 aliphatic heterocycles. The molecule has 2 aromatic carbocycles. The Kier molecular flexibility index (Phi) is 8.89. The summed E-state index contributed by atoms with van der Waals surface area (Å²) in [5.74, 6) is 0.600. The van der Waals surface area contributed by atoms with Gasteiger partial charge in [0.2, 0.25) is 0 Å². The summed E-state index contributed by atoms with van der Waals surface area (Å²) in [6.45, 7) is 9.11. The predicted molar refractivity (Wildman–Crippen MR) is 136 cm³/mol. The summed E-state index contributed by atoms with van der Waals surface area (Å²) >= 11 is 2.45. The fraction of sp³-hybridized carbons (Fsp3) is 0.400. The number of halogens is 1. The highest BCUT2D eigenvalue weighted by molar-refractivity contribution is 14.1. The maximum atomic E-state index is 11.6. The minimum atomic E-state index is -1.93. The lowest BCUT2D eigenvalue weighted by molar-refractivity contribution is -0.130. The van der Waals surface area contributed by atoms with Crippen LogP contribution in [-0.4, -0.2) is 25.2 Å². The molecule has 1 heterocycles. The van der Waals surface area contributed by atoms with E-state index in [-0.39, 0.29) is 0 Å². The molecule has 0 unspecified atom stereocenters. The number of aryl methyl sites for hydroxylation is 1. The quantitative estimate of drug-likeness (QED) is 0.0881. The molecule has 1 fully saturated rings. The van der Waals surface area contributed by atoms with Gasteiger partial charge in [0.15, 0.2) is 0 Å². The van der Waals surface area contributed by atoms with Gasteiger partial charge in [-0.1, -0.05) is 62.7 Å². The third-order valence-corrected chi connectivity index (χ3v) is 11.1. The second-order valence-electron chi connectivity index (χ2n) is 8.18. The topological polar surface area (TPSA) is 44.8 Å². The number of benzene rings is 2. The average Bonchev–Trinajstić information content (AvgIpc) is 2.78. The largest absolute Gasteiger partial charge is 0.423 e. The van der Waals surface area contributed by atoms with Crippen molar-refractivity contribution in [2.45, 2.75) is 45.6 Å². The molecule has 0 N–H and O–H groups in total. The number of esters is 1. The summed E-state index contributed by atoms with van der Waals surface area (Å²) in [6.07, 6.45) is 4.49. The van der Waals surface area contributed by atoms with Crippen LogP contribution in [0.5, 0.6) is 5.75 Å². The molecule has 0 aliphatic carbocycles. The van der Waals surface area contributed by atoms with Crippen molar-refractivity contribution in [1.29, 1.82) is 0 Å². The molecule has 0 spiro atoms. The Bertz CT molecular complexity index is 871. The van der Waals surface area contributed by atoms with Gasteiger partial charge in [-0.2, -0.15) is 0 Å². The second-order valence-corrected chi connectivity index (χ2v) is 15.5. The Balaban J connectivity index is 1.48. The van der Waals surface area contributed by atoms with Gasteiger partial charge in [-0.05, 0) is 70.4 Å². The van der Waals surface area contributed by atoms with Crippen molar-refractivity contribution < 1.29 is 18.4 Å². The SMILES string of the molecule is C=C(C)C(=O)Oc1ccc(-c2ccc(CCC3CO[Si](I)(CCCC)OC3)cc2)cc1. The van der Waals surface area contributed by atoms with E-state index in [0.29, 0.717) is 17.2 Å². The number of ether oxygens (including phenoxy) is 1. The summed E-state index contributed by atoms with van der Waals surface area (Å²) in [6, 6.07) is 15.4. The average molecular weight is 551 g/mol. The Labute approximate surface area is 199 Å². The van der Waals surface area contributed by atoms with Crippen molar-refractivity contribution in [3.8, 4) is 16.9 Å². The highest BCUT2D eigenvalue weighted by Crippen LogP contribution is 2.31. The van der Waals surface area contributed by atoms with Gasteiger partial charge < -0.3 is 13.6 Å². The van der Waals surface area contributed by atoms with Gasteiger partial charge in [-0.3, -0.25) is 0 Å². The Morgan fingerprint density at radius 3 is 2.23 bits per heavy atom. The van der Waals surface area contributed by atoms with Gasteiger partial charge in [0.05, 0.1) is 0 Å². The molecule has 1 aliphatic rings. The number of hydrogen-bond acceptors (Lipinski definition) is 4. The Morgan fingerprint density at radius 1 is 1.10 bits per heavy atom. The van der Waals surface area contributed by atoms with Crippen LogP contribution in [-0.2, 0) is 20.1 Å². The van der Waals surface area contributed by atoms with E-state index in [1.54, 1.807) is 6.92 Å². The van der Waals surface area contributed by atoms with E-state index in [0.717, 1.165) is 43.2 Å². The lowest BCUT2D eigenvalue weighted by atomic mass is 9.98. The molecular formula is C25H31IO4Si. The zero-order valence-corrected chi connectivity index (χ0v) is 21.5. The fourth-order valence-corrected chi connectivity index (χ4v) is 7.76. The number of unbranched alkanes of at least 4 members (excludes halogenated alkanes) is 1. The summed E-state index contributed by atoms with van der Waals surface area (Å²) in [4.78, 5) is 11.6. The number of rotatable bonds is 9. The first kappa shape index (κ1) is 24.2. The van der Waals surface area contributed by atoms with Crippen LogP contribution in [0.25, 0.3) is 11.1 Å². The van der Waals surface area contributed by atoms with Crippen molar-refractivity contribution in [1.82, 2.24) is 0 Å². The Hall–Kier alpha value is -1.48. The minimum Gasteiger partial charge on any atom is -0.423 e. The standard InChI is InChI=1S/C25H31IO4Si/c1-4-5-16-31(26)28-17-21(18-29-31)7-6-20-8-10-22(11-9-20)23-12-14-24(15-13-23)30-25(27)19(2)3/h8-15,21H,2,4-7,16-18H2,1,3H3. The highest BCUT2D eigenvalue weighted by Gasteiger charge is 2.38. The molecule has 0 bridgehead atoms. The lowest BCUT2D eigenvalue weighted by Crippen LogP contribution is -2.44. The van der Waals surface area contributed by atoms with E-state index in [2.05, 4.69) is 59.6 Å². The van der Waals surface area contributed by atoms with Crippen LogP contribution >= 0.6 is 21.8 Å². The van der Waals surface area contributed by atoms with Crippen LogP contribution in [0.2, 0.25) is 6.04 Å². The molecule has 0 saturated carbocycles. The monoisotopic (exact) mass is 550 g/mol. The summed E-state index contributed by atoms with van der Waals surface area (Å²) in [5, 5.41) is 0. The van der Waals surface area contributed by atoms with E-state index in [9.17, 15) is 4.79 Å². The summed E-state index contributed by atoms with van der Waals surface area (Å²) < 4.78 is 17.6. The number of hydrogen-bond donors (Lipinski definition) is 0. The highest BCUT2D eigenvalue weighted by atomic mass is 127. The van der Waals surface area contributed by atoms with Gasteiger partial charge in [0.25, 0.3) is 0 Å². The fourth-order valence-electron chi connectivity index (χ4n) is 3.42. The first-order chi connectivity index (χ1) is 14.9. The second kappa shape index (κ2) is 11.4. The van der Waals surface area contributed by atoms with Gasteiger partial charge in [-0.25, -0.2) is 4.79 Å². The van der Waals surface area contributed by atoms with Crippen molar-refractivity contribution in [2.75, 3.05) is 13.2 Å². The first-order valence-corrected chi connectivity index (χ1v) is 16.1. The first-order valence-electron chi connectivity index (χ1n) is 10.9. The zero-order chi connectivity index (χ0) is 22.3. The van der Waals surface area contributed by atoms with Crippen LogP contribution in [0.15, 0.2) is 60.7 Å². The smallest absolute Gasteiger partial charge is 0.407 e. The van der Waals surface area contributed by atoms with Crippen LogP contribution in [0.1, 0.15) is 38.7 Å². The van der Waals surface area contributed by atoms with Crippen LogP contribution in [0.3, 0.4) is 0 Å². The maximum absolute atomic E-state index is 11.6. The van der Waals surface area contributed by atoms with Crippen molar-refractivity contribution in [3.63, 3.8) is 0 Å². The summed E-state index contributed by atoms with van der Waals surface area (Å²) in [5.41, 5.74) is 3.94. The van der Waals surface area contributed by atoms with Gasteiger partial charge >= 0.3 is 12.0 Å². The van der Waals surface area contributed by atoms with Crippen molar-refractivity contribution >= 4 is 33.8 Å². The maximum Gasteiger partial charge on any atom is 0.407 e. The van der Waals surface area contributed by atoms with Crippen molar-refractivity contribution in [2.24, 2.45) is 5.92 Å². The van der Waals surface area contributed by atoms with E-state index >= 15 is 0 Å². The van der Waals surface area contributed by atoms with Crippen LogP contribution in [0, 0.1) is 5.92 Å². The number of carbonyl (C=O) groups excluding carboxylic acids is 1. The van der Waals surface area contributed by atoms with Crippen LogP contribution in [0.4, 0.5) is 0 Å². The third kappa shape index (κ3) is 7.27. The van der Waals surface area contributed by atoms with E-state index in [1.165, 1.54) is 18.4 Å². The lowest BCUT2D eigenvalue weighted by Gasteiger charge is -2.34. The molecule has 0 amide bonds. The molecule has 0 aromatic heterocycles. The molecular weight excluding hydrogens is 519 g/mol. The molecule has 0 atom stereocenters. The molecule has 3 rings (SSSR count). The minimum absolute atomic E-state index is 0.387. The Morgan fingerprint density at radius 2 is 1.68 bits per heavy atom. The van der Waals surface area contributed by atoms with Gasteiger partial charge in [0, 0.05) is 30.7 Å². The zero-order valence-electron chi connectivity index (χ0n) is 18.4. The molecule has 0 radical (unpaired) electrons. The van der Waals surface area contributed by atoms with E-state index in [4.69, 9.17) is 13.6 Å². The molecule has 2 aromatic rings. The molecule has 6 heteroatoms. The molecule has 31 heavy (non-hydrogen) atoms. The van der Waals surface area contributed by atoms with Crippen LogP contribution < -0.4 is 4.74 Å². The van der Waals surface area contributed by atoms with E-state index < -0.39 is 12.0 Å². The molecule has 4 nitrogen and oxygen atoms in total. The predicted octanol–water partition coefficient (Wildman–Crippen LogP) is 6.60. The normalized spacial score (nSPS) is 20.9. The van der Waals surface area contributed by atoms with Crippen molar-refractivity contribution in [3.05, 3.63) is 66.2 Å². The summed E-state index contributed by atoms with van der Waals surface area (Å²) in [7, 11) is 0. The van der Waals surface area contributed by atoms with E-state index in [1.807, 2.05) is 24.3 Å². The van der Waals surface area contributed by atoms with Gasteiger partial charge in [-0.15, -0.1) is 0 Å². The molecule has 166 valence electrons. The van der Waals surface area contributed by atoms with Gasteiger partial charge in [0.1, 0.15) is 5.75 Å².